The summed E-state index contributed by atoms with van der Waals surface area (Å²) in [6.45, 7) is 4.08. The number of hydrogen-bond acceptors (Lipinski definition) is 6. The summed E-state index contributed by atoms with van der Waals surface area (Å²) in [6, 6.07) is 4.03. The molecule has 0 atom stereocenters. The third-order valence-electron chi connectivity index (χ3n) is 3.61. The third-order valence-corrected chi connectivity index (χ3v) is 3.61. The van der Waals surface area contributed by atoms with E-state index in [1.807, 2.05) is 0 Å². The number of rotatable bonds is 5. The zero-order valence-electron chi connectivity index (χ0n) is 12.8. The molecule has 2 aromatic rings. The van der Waals surface area contributed by atoms with Crippen LogP contribution in [0, 0.1) is 0 Å². The van der Waals surface area contributed by atoms with Gasteiger partial charge in [0.2, 0.25) is 5.95 Å². The van der Waals surface area contributed by atoms with Crippen LogP contribution in [-0.4, -0.2) is 54.3 Å². The molecule has 0 amide bonds. The van der Waals surface area contributed by atoms with Gasteiger partial charge in [0.1, 0.15) is 5.69 Å². The molecular weight excluding hydrogens is 325 g/mol. The van der Waals surface area contributed by atoms with Gasteiger partial charge in [0.05, 0.1) is 19.5 Å². The Balaban J connectivity index is 1.72. The van der Waals surface area contributed by atoms with Crippen molar-refractivity contribution in [3.8, 4) is 11.5 Å². The molecular formula is C15H17F3N4O2. The first-order chi connectivity index (χ1) is 11.5. The Labute approximate surface area is 136 Å². The van der Waals surface area contributed by atoms with E-state index in [2.05, 4.69) is 20.2 Å². The number of nitrogens with one attached hydrogen (secondary N) is 1. The third kappa shape index (κ3) is 4.24. The summed E-state index contributed by atoms with van der Waals surface area (Å²) in [5, 5.41) is 2.86. The Hall–Kier alpha value is -2.13. The van der Waals surface area contributed by atoms with Gasteiger partial charge in [-0.05, 0) is 18.2 Å². The van der Waals surface area contributed by atoms with Crippen molar-refractivity contribution >= 4 is 5.95 Å². The van der Waals surface area contributed by atoms with Crippen LogP contribution in [-0.2, 0) is 10.9 Å². The van der Waals surface area contributed by atoms with Gasteiger partial charge < -0.3 is 14.5 Å². The molecule has 0 radical (unpaired) electrons. The Morgan fingerprint density at radius 3 is 2.67 bits per heavy atom. The van der Waals surface area contributed by atoms with Crippen molar-refractivity contribution in [3.63, 3.8) is 0 Å². The highest BCUT2D eigenvalue weighted by Crippen LogP contribution is 2.31. The largest absolute Gasteiger partial charge is 0.463 e. The van der Waals surface area contributed by atoms with Crippen LogP contribution in [0.3, 0.4) is 0 Å². The molecule has 3 heterocycles. The lowest BCUT2D eigenvalue weighted by molar-refractivity contribution is -0.141. The summed E-state index contributed by atoms with van der Waals surface area (Å²) < 4.78 is 49.5. The van der Waals surface area contributed by atoms with Gasteiger partial charge in [0.15, 0.2) is 11.5 Å². The van der Waals surface area contributed by atoms with Crippen molar-refractivity contribution in [2.24, 2.45) is 0 Å². The molecule has 1 aliphatic rings. The van der Waals surface area contributed by atoms with Crippen LogP contribution in [0.25, 0.3) is 11.5 Å². The Morgan fingerprint density at radius 2 is 2.00 bits per heavy atom. The monoisotopic (exact) mass is 342 g/mol. The van der Waals surface area contributed by atoms with Crippen LogP contribution in [0.15, 0.2) is 28.9 Å². The zero-order valence-corrected chi connectivity index (χ0v) is 12.8. The van der Waals surface area contributed by atoms with Crippen molar-refractivity contribution < 1.29 is 22.3 Å². The Bertz CT molecular complexity index is 655. The maximum atomic E-state index is 13.0. The average Bonchev–Trinajstić information content (AvgIpc) is 3.09. The minimum Gasteiger partial charge on any atom is -0.463 e. The molecule has 130 valence electrons. The van der Waals surface area contributed by atoms with Gasteiger partial charge >= 0.3 is 6.18 Å². The van der Waals surface area contributed by atoms with Gasteiger partial charge in [-0.1, -0.05) is 0 Å². The van der Waals surface area contributed by atoms with E-state index >= 15 is 0 Å². The highest BCUT2D eigenvalue weighted by atomic mass is 19.4. The molecule has 2 aromatic heterocycles. The lowest BCUT2D eigenvalue weighted by atomic mass is 10.2. The number of nitrogens with zero attached hydrogens (tertiary/aromatic N) is 3. The first-order valence-electron chi connectivity index (χ1n) is 7.56. The van der Waals surface area contributed by atoms with Crippen LogP contribution in [0.2, 0.25) is 0 Å². The second-order valence-corrected chi connectivity index (χ2v) is 5.32. The molecule has 1 saturated heterocycles. The van der Waals surface area contributed by atoms with Crippen molar-refractivity contribution in [3.05, 3.63) is 30.2 Å². The number of furan rings is 1. The summed E-state index contributed by atoms with van der Waals surface area (Å²) in [6.07, 6.45) is -3.17. The number of anilines is 1. The minimum atomic E-state index is -4.55. The van der Waals surface area contributed by atoms with Gasteiger partial charge in [-0.15, -0.1) is 0 Å². The molecule has 1 fully saturated rings. The first kappa shape index (κ1) is 16.7. The van der Waals surface area contributed by atoms with Crippen LogP contribution in [0.4, 0.5) is 19.1 Å². The maximum absolute atomic E-state index is 13.0. The quantitative estimate of drug-likeness (QED) is 0.901. The van der Waals surface area contributed by atoms with Crippen molar-refractivity contribution in [1.29, 1.82) is 0 Å². The summed E-state index contributed by atoms with van der Waals surface area (Å²) >= 11 is 0. The minimum absolute atomic E-state index is 0.0653. The van der Waals surface area contributed by atoms with E-state index in [-0.39, 0.29) is 17.4 Å². The molecule has 0 unspecified atom stereocenters. The summed E-state index contributed by atoms with van der Waals surface area (Å²) in [7, 11) is 0. The predicted octanol–water partition coefficient (Wildman–Crippen LogP) is 2.50. The highest BCUT2D eigenvalue weighted by molar-refractivity contribution is 5.54. The topological polar surface area (TPSA) is 63.4 Å². The lowest BCUT2D eigenvalue weighted by Crippen LogP contribution is -2.39. The van der Waals surface area contributed by atoms with Gasteiger partial charge in [-0.3, -0.25) is 4.90 Å². The molecule has 6 nitrogen and oxygen atoms in total. The molecule has 0 aliphatic carbocycles. The molecule has 0 spiro atoms. The lowest BCUT2D eigenvalue weighted by Gasteiger charge is -2.26. The predicted molar refractivity (Wildman–Crippen MR) is 80.5 cm³/mol. The standard InChI is InChI=1S/C15H17F3N4O2/c16-15(17,18)13-10-11(12-2-1-7-24-12)20-14(21-13)19-3-4-22-5-8-23-9-6-22/h1-2,7,10H,3-6,8-9H2,(H,19,20,21). The fraction of sp³-hybridized carbons (Fsp3) is 0.467. The molecule has 0 saturated carbocycles. The SMILES string of the molecule is FC(F)(F)c1cc(-c2ccco2)nc(NCCN2CCOCC2)n1. The van der Waals surface area contributed by atoms with Gasteiger partial charge in [-0.25, -0.2) is 9.97 Å². The smallest absolute Gasteiger partial charge is 0.433 e. The van der Waals surface area contributed by atoms with Crippen LogP contribution in [0.5, 0.6) is 0 Å². The Kier molecular flexibility index (Phi) is 5.00. The average molecular weight is 342 g/mol. The van der Waals surface area contributed by atoms with Crippen molar-refractivity contribution in [2.75, 3.05) is 44.7 Å². The van der Waals surface area contributed by atoms with E-state index in [0.717, 1.165) is 19.2 Å². The first-order valence-corrected chi connectivity index (χ1v) is 7.56. The van der Waals surface area contributed by atoms with E-state index < -0.39 is 11.9 Å². The molecule has 3 rings (SSSR count). The summed E-state index contributed by atoms with van der Waals surface area (Å²) in [4.78, 5) is 9.84. The zero-order chi connectivity index (χ0) is 17.0. The van der Waals surface area contributed by atoms with Gasteiger partial charge in [0, 0.05) is 26.2 Å². The van der Waals surface area contributed by atoms with E-state index in [1.165, 1.54) is 6.26 Å². The number of ether oxygens (including phenoxy) is 1. The number of morpholine rings is 1. The molecule has 0 bridgehead atoms. The van der Waals surface area contributed by atoms with Crippen molar-refractivity contribution in [1.82, 2.24) is 14.9 Å². The maximum Gasteiger partial charge on any atom is 0.433 e. The van der Waals surface area contributed by atoms with Gasteiger partial charge in [0.25, 0.3) is 0 Å². The molecule has 1 aliphatic heterocycles. The number of halogens is 3. The van der Waals surface area contributed by atoms with Crippen LogP contribution >= 0.6 is 0 Å². The Morgan fingerprint density at radius 1 is 1.21 bits per heavy atom. The fourth-order valence-corrected chi connectivity index (χ4v) is 2.37. The van der Waals surface area contributed by atoms with Gasteiger partial charge in [-0.2, -0.15) is 13.2 Å². The highest BCUT2D eigenvalue weighted by Gasteiger charge is 2.34. The van der Waals surface area contributed by atoms with E-state index in [4.69, 9.17) is 9.15 Å². The number of hydrogen-bond donors (Lipinski definition) is 1. The van der Waals surface area contributed by atoms with E-state index in [1.54, 1.807) is 12.1 Å². The number of aromatic nitrogens is 2. The van der Waals surface area contributed by atoms with Crippen LogP contribution in [0.1, 0.15) is 5.69 Å². The summed E-state index contributed by atoms with van der Waals surface area (Å²) in [5.41, 5.74) is -0.908. The second kappa shape index (κ2) is 7.18. The van der Waals surface area contributed by atoms with Crippen molar-refractivity contribution in [2.45, 2.75) is 6.18 Å². The summed E-state index contributed by atoms with van der Waals surface area (Å²) in [5.74, 6) is 0.198. The molecule has 1 N–H and O–H groups in total. The van der Waals surface area contributed by atoms with Crippen LogP contribution < -0.4 is 5.32 Å². The molecule has 24 heavy (non-hydrogen) atoms. The van der Waals surface area contributed by atoms with E-state index in [0.29, 0.717) is 26.3 Å². The number of alkyl halides is 3. The van der Waals surface area contributed by atoms with E-state index in [9.17, 15) is 13.2 Å². The molecule has 9 heteroatoms. The normalized spacial score (nSPS) is 16.3. The second-order valence-electron chi connectivity index (χ2n) is 5.32. The molecule has 0 aromatic carbocycles. The fourth-order valence-electron chi connectivity index (χ4n) is 2.37.